The molecule has 0 bridgehead atoms. The fourth-order valence-corrected chi connectivity index (χ4v) is 1.59. The molecule has 15 heavy (non-hydrogen) atoms. The first-order chi connectivity index (χ1) is 7.19. The summed E-state index contributed by atoms with van der Waals surface area (Å²) in [5.41, 5.74) is 0.819. The summed E-state index contributed by atoms with van der Waals surface area (Å²) in [6, 6.07) is 7.46. The fourth-order valence-electron chi connectivity index (χ4n) is 1.33. The number of carbonyl (C=O) groups excluding carboxylic acids is 1. The molecule has 1 N–H and O–H groups in total. The van der Waals surface area contributed by atoms with Crippen LogP contribution in [0.2, 0.25) is 0 Å². The predicted octanol–water partition coefficient (Wildman–Crippen LogP) is 2.18. The zero-order valence-corrected chi connectivity index (χ0v) is 10.2. The van der Waals surface area contributed by atoms with Crippen molar-refractivity contribution in [1.29, 1.82) is 0 Å². The van der Waals surface area contributed by atoms with E-state index in [4.69, 9.17) is 5.11 Å². The zero-order chi connectivity index (χ0) is 11.3. The second-order valence-electron chi connectivity index (χ2n) is 3.18. The van der Waals surface area contributed by atoms with Crippen LogP contribution in [0, 0.1) is 0 Å². The first-order valence-corrected chi connectivity index (χ1v) is 5.65. The Morgan fingerprint density at radius 2 is 2.00 bits per heavy atom. The molecule has 0 saturated carbocycles. The summed E-state index contributed by atoms with van der Waals surface area (Å²) in [5.74, 6) is -0.265. The van der Waals surface area contributed by atoms with Gasteiger partial charge in [0, 0.05) is 16.7 Å². The Morgan fingerprint density at radius 1 is 1.40 bits per heavy atom. The minimum absolute atomic E-state index is 0.265. The highest BCUT2D eigenvalue weighted by Gasteiger charge is 2.12. The van der Waals surface area contributed by atoms with Gasteiger partial charge in [-0.3, -0.25) is 4.79 Å². The van der Waals surface area contributed by atoms with Crippen LogP contribution in [0.25, 0.3) is 0 Å². The van der Waals surface area contributed by atoms with Gasteiger partial charge in [-0.1, -0.05) is 22.9 Å². The third-order valence-electron chi connectivity index (χ3n) is 2.02. The van der Waals surface area contributed by atoms with Crippen molar-refractivity contribution in [2.45, 2.75) is 13.3 Å². The Kier molecular flexibility index (Phi) is 4.78. The summed E-state index contributed by atoms with van der Waals surface area (Å²) in [5, 5.41) is 8.85. The highest BCUT2D eigenvalue weighted by atomic mass is 79.9. The molecule has 1 amide bonds. The summed E-state index contributed by atoms with van der Waals surface area (Å²) in [7, 11) is 0. The van der Waals surface area contributed by atoms with E-state index in [0.29, 0.717) is 6.54 Å². The van der Waals surface area contributed by atoms with Crippen LogP contribution in [0.4, 0.5) is 5.69 Å². The average molecular weight is 272 g/mol. The number of benzene rings is 1. The highest BCUT2D eigenvalue weighted by Crippen LogP contribution is 2.18. The van der Waals surface area contributed by atoms with Crippen LogP contribution in [-0.2, 0) is 4.79 Å². The Hall–Kier alpha value is -0.870. The number of anilines is 1. The van der Waals surface area contributed by atoms with Gasteiger partial charge < -0.3 is 10.0 Å². The van der Waals surface area contributed by atoms with E-state index in [0.717, 1.165) is 16.6 Å². The van der Waals surface area contributed by atoms with Gasteiger partial charge in [-0.15, -0.1) is 0 Å². The number of hydrogen-bond acceptors (Lipinski definition) is 2. The van der Waals surface area contributed by atoms with Crippen LogP contribution in [0.15, 0.2) is 28.7 Å². The van der Waals surface area contributed by atoms with Gasteiger partial charge in [0.1, 0.15) is 6.61 Å². The lowest BCUT2D eigenvalue weighted by molar-refractivity contribution is -0.121. The van der Waals surface area contributed by atoms with Crippen molar-refractivity contribution in [3.8, 4) is 0 Å². The lowest BCUT2D eigenvalue weighted by Gasteiger charge is -2.21. The standard InChI is InChI=1S/C11H14BrNO2/c1-2-7-13(11(15)8-14)10-5-3-9(12)4-6-10/h3-6,14H,2,7-8H2,1H3. The molecule has 0 aliphatic rings. The van der Waals surface area contributed by atoms with Gasteiger partial charge in [-0.2, -0.15) is 0 Å². The molecule has 0 heterocycles. The predicted molar refractivity (Wildman–Crippen MR) is 63.9 cm³/mol. The third-order valence-corrected chi connectivity index (χ3v) is 2.55. The number of aliphatic hydroxyl groups is 1. The van der Waals surface area contributed by atoms with Crippen molar-refractivity contribution >= 4 is 27.5 Å². The first kappa shape index (κ1) is 12.2. The van der Waals surface area contributed by atoms with Crippen LogP contribution < -0.4 is 4.90 Å². The van der Waals surface area contributed by atoms with Crippen molar-refractivity contribution < 1.29 is 9.90 Å². The Bertz CT molecular complexity index is 324. The largest absolute Gasteiger partial charge is 0.387 e. The van der Waals surface area contributed by atoms with Gasteiger partial charge in [-0.25, -0.2) is 0 Å². The van der Waals surface area contributed by atoms with E-state index in [9.17, 15) is 4.79 Å². The van der Waals surface area contributed by atoms with E-state index < -0.39 is 6.61 Å². The van der Waals surface area contributed by atoms with E-state index in [-0.39, 0.29) is 5.91 Å². The summed E-state index contributed by atoms with van der Waals surface area (Å²) in [6.07, 6.45) is 0.863. The number of halogens is 1. The minimum atomic E-state index is -0.448. The Morgan fingerprint density at radius 3 is 2.47 bits per heavy atom. The molecule has 1 rings (SSSR count). The molecule has 0 unspecified atom stereocenters. The van der Waals surface area contributed by atoms with Crippen molar-refractivity contribution in [1.82, 2.24) is 0 Å². The molecule has 0 radical (unpaired) electrons. The van der Waals surface area contributed by atoms with Crippen molar-refractivity contribution in [3.05, 3.63) is 28.7 Å². The Labute approximate surface area is 97.8 Å². The first-order valence-electron chi connectivity index (χ1n) is 4.85. The number of nitrogens with zero attached hydrogens (tertiary/aromatic N) is 1. The second kappa shape index (κ2) is 5.88. The molecular weight excluding hydrogens is 258 g/mol. The SMILES string of the molecule is CCCN(C(=O)CO)c1ccc(Br)cc1. The lowest BCUT2D eigenvalue weighted by Crippen LogP contribution is -2.33. The maximum Gasteiger partial charge on any atom is 0.252 e. The van der Waals surface area contributed by atoms with Crippen molar-refractivity contribution in [3.63, 3.8) is 0 Å². The molecule has 0 aliphatic heterocycles. The lowest BCUT2D eigenvalue weighted by atomic mass is 10.2. The monoisotopic (exact) mass is 271 g/mol. The van der Waals surface area contributed by atoms with Crippen LogP contribution in [-0.4, -0.2) is 24.2 Å². The number of hydrogen-bond donors (Lipinski definition) is 1. The van der Waals surface area contributed by atoms with Crippen LogP contribution in [0.3, 0.4) is 0 Å². The van der Waals surface area contributed by atoms with Crippen molar-refractivity contribution in [2.24, 2.45) is 0 Å². The summed E-state index contributed by atoms with van der Waals surface area (Å²) < 4.78 is 0.971. The van der Waals surface area contributed by atoms with Crippen LogP contribution in [0.1, 0.15) is 13.3 Å². The van der Waals surface area contributed by atoms with E-state index in [1.54, 1.807) is 4.90 Å². The van der Waals surface area contributed by atoms with E-state index >= 15 is 0 Å². The molecule has 1 aromatic carbocycles. The summed E-state index contributed by atoms with van der Waals surface area (Å²) in [4.78, 5) is 13.0. The summed E-state index contributed by atoms with van der Waals surface area (Å²) >= 11 is 3.33. The van der Waals surface area contributed by atoms with Crippen molar-refractivity contribution in [2.75, 3.05) is 18.1 Å². The molecule has 82 valence electrons. The maximum atomic E-state index is 11.5. The number of rotatable bonds is 4. The van der Waals surface area contributed by atoms with Gasteiger partial charge in [0.25, 0.3) is 5.91 Å². The number of amides is 1. The van der Waals surface area contributed by atoms with Crippen LogP contribution in [0.5, 0.6) is 0 Å². The van der Waals surface area contributed by atoms with Gasteiger partial charge in [0.2, 0.25) is 0 Å². The topological polar surface area (TPSA) is 40.5 Å². The maximum absolute atomic E-state index is 11.5. The van der Waals surface area contributed by atoms with Gasteiger partial charge in [-0.05, 0) is 30.7 Å². The Balaban J connectivity index is 2.88. The van der Waals surface area contributed by atoms with E-state index in [1.165, 1.54) is 0 Å². The molecule has 0 saturated heterocycles. The van der Waals surface area contributed by atoms with E-state index in [2.05, 4.69) is 15.9 Å². The highest BCUT2D eigenvalue weighted by molar-refractivity contribution is 9.10. The number of carbonyl (C=O) groups is 1. The van der Waals surface area contributed by atoms with Gasteiger partial charge >= 0.3 is 0 Å². The molecular formula is C11H14BrNO2. The average Bonchev–Trinajstić information content (AvgIpc) is 2.26. The third kappa shape index (κ3) is 3.32. The molecule has 3 nitrogen and oxygen atoms in total. The quantitative estimate of drug-likeness (QED) is 0.912. The molecule has 1 aromatic rings. The van der Waals surface area contributed by atoms with Gasteiger partial charge in [0.15, 0.2) is 0 Å². The fraction of sp³-hybridized carbons (Fsp3) is 0.364. The number of aliphatic hydroxyl groups excluding tert-OH is 1. The molecule has 0 spiro atoms. The molecule has 0 aromatic heterocycles. The van der Waals surface area contributed by atoms with Crippen LogP contribution >= 0.6 is 15.9 Å². The molecule has 0 aliphatic carbocycles. The summed E-state index contributed by atoms with van der Waals surface area (Å²) in [6.45, 7) is 2.17. The molecule has 0 fully saturated rings. The minimum Gasteiger partial charge on any atom is -0.387 e. The molecule has 0 atom stereocenters. The normalized spacial score (nSPS) is 10.1. The van der Waals surface area contributed by atoms with E-state index in [1.807, 2.05) is 31.2 Å². The molecule has 4 heteroatoms. The zero-order valence-electron chi connectivity index (χ0n) is 8.61. The van der Waals surface area contributed by atoms with Gasteiger partial charge in [0.05, 0.1) is 0 Å². The smallest absolute Gasteiger partial charge is 0.252 e. The second-order valence-corrected chi connectivity index (χ2v) is 4.10.